The Kier molecular flexibility index (Phi) is 8.39. The highest BCUT2D eigenvalue weighted by molar-refractivity contribution is 5.92. The average molecular weight is 435 g/mol. The van der Waals surface area contributed by atoms with Gasteiger partial charge in [-0.3, -0.25) is 4.79 Å². The first-order valence-electron chi connectivity index (χ1n) is 10.7. The van der Waals surface area contributed by atoms with E-state index >= 15 is 0 Å². The maximum Gasteiger partial charge on any atom is 0.228 e. The molecule has 0 aromatic heterocycles. The number of rotatable bonds is 10. The van der Waals surface area contributed by atoms with Gasteiger partial charge in [-0.15, -0.1) is 0 Å². The molecule has 6 nitrogen and oxygen atoms in total. The molecular weight excluding hydrogens is 404 g/mol. The van der Waals surface area contributed by atoms with Crippen LogP contribution in [0.4, 0.5) is 5.69 Å². The number of aliphatic hydroxyl groups excluding tert-OH is 2. The fourth-order valence-electron chi connectivity index (χ4n) is 3.57. The van der Waals surface area contributed by atoms with Crippen LogP contribution in [0.25, 0.3) is 0 Å². The molecular formula is C26H30N2O4. The Morgan fingerprint density at radius 2 is 1.72 bits per heavy atom. The molecule has 32 heavy (non-hydrogen) atoms. The number of hydrogen-bond donors (Lipinski definition) is 5. The van der Waals surface area contributed by atoms with Crippen molar-refractivity contribution in [1.29, 1.82) is 0 Å². The molecule has 0 spiro atoms. The topological polar surface area (TPSA) is 102 Å². The van der Waals surface area contributed by atoms with Gasteiger partial charge in [-0.25, -0.2) is 0 Å². The van der Waals surface area contributed by atoms with E-state index in [4.69, 9.17) is 0 Å². The van der Waals surface area contributed by atoms with Gasteiger partial charge in [0.25, 0.3) is 0 Å². The van der Waals surface area contributed by atoms with Gasteiger partial charge in [0.1, 0.15) is 5.75 Å². The second-order valence-electron chi connectivity index (χ2n) is 7.99. The molecule has 2 atom stereocenters. The molecule has 3 aromatic rings. The molecule has 0 unspecified atom stereocenters. The summed E-state index contributed by atoms with van der Waals surface area (Å²) in [6.45, 7) is 2.10. The fourth-order valence-corrected chi connectivity index (χ4v) is 3.57. The van der Waals surface area contributed by atoms with Crippen molar-refractivity contribution >= 4 is 11.6 Å². The molecule has 1 amide bonds. The number of anilines is 1. The summed E-state index contributed by atoms with van der Waals surface area (Å²) in [7, 11) is 0. The van der Waals surface area contributed by atoms with Crippen LogP contribution in [0.2, 0.25) is 0 Å². The summed E-state index contributed by atoms with van der Waals surface area (Å²) in [4.78, 5) is 12.3. The Balaban J connectivity index is 1.50. The van der Waals surface area contributed by atoms with Crippen molar-refractivity contribution < 1.29 is 20.1 Å². The van der Waals surface area contributed by atoms with E-state index in [0.29, 0.717) is 24.1 Å². The lowest BCUT2D eigenvalue weighted by Gasteiger charge is -2.18. The maximum absolute atomic E-state index is 12.3. The molecule has 168 valence electrons. The second-order valence-corrected chi connectivity index (χ2v) is 7.99. The Morgan fingerprint density at radius 3 is 2.47 bits per heavy atom. The number of carbonyl (C=O) groups excluding carboxylic acids is 1. The number of aliphatic hydroxyl groups is 2. The largest absolute Gasteiger partial charge is 0.508 e. The number of aromatic hydroxyl groups is 1. The molecule has 0 bridgehead atoms. The molecule has 3 rings (SSSR count). The minimum atomic E-state index is -0.753. The molecule has 0 aliphatic heterocycles. The lowest BCUT2D eigenvalue weighted by atomic mass is 10.0. The number of hydrogen-bond acceptors (Lipinski definition) is 5. The summed E-state index contributed by atoms with van der Waals surface area (Å²) in [6, 6.07) is 22.2. The van der Waals surface area contributed by atoms with Gasteiger partial charge in [0.05, 0.1) is 19.1 Å². The number of para-hydroxylation sites is 1. The summed E-state index contributed by atoms with van der Waals surface area (Å²) in [6.07, 6.45) is 0.298. The zero-order valence-electron chi connectivity index (χ0n) is 18.2. The molecule has 6 heteroatoms. The molecule has 0 aliphatic carbocycles. The fraction of sp³-hybridized carbons (Fsp3) is 0.269. The van der Waals surface area contributed by atoms with Crippen molar-refractivity contribution in [2.75, 3.05) is 11.9 Å². The van der Waals surface area contributed by atoms with Gasteiger partial charge in [-0.1, -0.05) is 48.5 Å². The van der Waals surface area contributed by atoms with E-state index in [-0.39, 0.29) is 24.3 Å². The van der Waals surface area contributed by atoms with Crippen LogP contribution in [0.1, 0.15) is 35.3 Å². The number of benzene rings is 3. The van der Waals surface area contributed by atoms with E-state index in [1.807, 2.05) is 61.5 Å². The van der Waals surface area contributed by atoms with Crippen LogP contribution in [-0.2, 0) is 24.2 Å². The van der Waals surface area contributed by atoms with Gasteiger partial charge < -0.3 is 26.0 Å². The van der Waals surface area contributed by atoms with Gasteiger partial charge in [0.2, 0.25) is 5.91 Å². The molecule has 0 heterocycles. The molecule has 0 fully saturated rings. The van der Waals surface area contributed by atoms with Crippen LogP contribution in [0.3, 0.4) is 0 Å². The summed E-state index contributed by atoms with van der Waals surface area (Å²) in [5.74, 6) is -0.0408. The lowest BCUT2D eigenvalue weighted by Crippen LogP contribution is -2.32. The third kappa shape index (κ3) is 6.92. The van der Waals surface area contributed by atoms with Crippen LogP contribution < -0.4 is 10.6 Å². The highest BCUT2D eigenvalue weighted by atomic mass is 16.3. The Hall–Kier alpha value is -3.19. The van der Waals surface area contributed by atoms with Crippen LogP contribution >= 0.6 is 0 Å². The van der Waals surface area contributed by atoms with Gasteiger partial charge in [0.15, 0.2) is 0 Å². The van der Waals surface area contributed by atoms with Crippen molar-refractivity contribution in [3.63, 3.8) is 0 Å². The molecule has 5 N–H and O–H groups in total. The lowest BCUT2D eigenvalue weighted by molar-refractivity contribution is -0.115. The van der Waals surface area contributed by atoms with Gasteiger partial charge in [0, 0.05) is 23.8 Å². The Morgan fingerprint density at radius 1 is 0.969 bits per heavy atom. The van der Waals surface area contributed by atoms with Crippen LogP contribution in [0.5, 0.6) is 5.75 Å². The van der Waals surface area contributed by atoms with Crippen LogP contribution in [0, 0.1) is 0 Å². The zero-order valence-corrected chi connectivity index (χ0v) is 18.2. The molecule has 0 saturated heterocycles. The van der Waals surface area contributed by atoms with Crippen molar-refractivity contribution in [1.82, 2.24) is 5.32 Å². The van der Waals surface area contributed by atoms with E-state index in [0.717, 1.165) is 23.2 Å². The standard InChI is InChI=1S/C26H30N2O4/c1-18(27-16-25(31)21-10-11-24(30)22(15-21)17-29)12-19-6-5-7-20(13-19)14-26(32)28-23-8-3-2-4-9-23/h2-11,13,15,18,25,27,29-31H,12,14,16-17H2,1H3,(H,28,32)/t18-,25-/m1/s1. The first kappa shape index (κ1) is 23.5. The predicted octanol–water partition coefficient (Wildman–Crippen LogP) is 3.32. The van der Waals surface area contributed by atoms with E-state index < -0.39 is 6.10 Å². The Bertz CT molecular complexity index is 1020. The SMILES string of the molecule is C[C@H](Cc1cccc(CC(=O)Nc2ccccc2)c1)NC[C@@H](O)c1ccc(O)c(CO)c1. The average Bonchev–Trinajstić information content (AvgIpc) is 2.78. The third-order valence-corrected chi connectivity index (χ3v) is 5.27. The van der Waals surface area contributed by atoms with Crippen molar-refractivity contribution in [3.8, 4) is 5.75 Å². The van der Waals surface area contributed by atoms with Crippen LogP contribution in [-0.4, -0.2) is 33.8 Å². The number of nitrogens with one attached hydrogen (secondary N) is 2. The minimum absolute atomic E-state index is 0.0158. The number of carbonyl (C=O) groups is 1. The normalized spacial score (nSPS) is 12.8. The van der Waals surface area contributed by atoms with Crippen molar-refractivity contribution in [2.24, 2.45) is 0 Å². The quantitative estimate of drug-likeness (QED) is 0.337. The van der Waals surface area contributed by atoms with E-state index in [2.05, 4.69) is 10.6 Å². The Labute approximate surface area is 188 Å². The smallest absolute Gasteiger partial charge is 0.228 e. The van der Waals surface area contributed by atoms with Gasteiger partial charge >= 0.3 is 0 Å². The zero-order chi connectivity index (χ0) is 22.9. The monoisotopic (exact) mass is 434 g/mol. The molecule has 0 radical (unpaired) electrons. The van der Waals surface area contributed by atoms with E-state index in [1.54, 1.807) is 12.1 Å². The summed E-state index contributed by atoms with van der Waals surface area (Å²) in [5.41, 5.74) is 3.87. The van der Waals surface area contributed by atoms with E-state index in [9.17, 15) is 20.1 Å². The van der Waals surface area contributed by atoms with Crippen molar-refractivity contribution in [3.05, 3.63) is 95.1 Å². The maximum atomic E-state index is 12.3. The highest BCUT2D eigenvalue weighted by Crippen LogP contribution is 2.22. The third-order valence-electron chi connectivity index (χ3n) is 5.27. The first-order chi connectivity index (χ1) is 15.4. The summed E-state index contributed by atoms with van der Waals surface area (Å²) < 4.78 is 0. The highest BCUT2D eigenvalue weighted by Gasteiger charge is 2.13. The second kappa shape index (κ2) is 11.4. The number of amides is 1. The predicted molar refractivity (Wildman–Crippen MR) is 125 cm³/mol. The molecule has 3 aromatic carbocycles. The first-order valence-corrected chi connectivity index (χ1v) is 10.7. The van der Waals surface area contributed by atoms with Crippen molar-refractivity contribution in [2.45, 2.75) is 38.5 Å². The van der Waals surface area contributed by atoms with Crippen LogP contribution in [0.15, 0.2) is 72.8 Å². The summed E-state index contributed by atoms with van der Waals surface area (Å²) in [5, 5.41) is 35.6. The number of phenols is 1. The van der Waals surface area contributed by atoms with Gasteiger partial charge in [-0.05, 0) is 54.3 Å². The molecule has 0 aliphatic rings. The van der Waals surface area contributed by atoms with Gasteiger partial charge in [-0.2, -0.15) is 0 Å². The molecule has 0 saturated carbocycles. The summed E-state index contributed by atoms with van der Waals surface area (Å²) >= 11 is 0. The van der Waals surface area contributed by atoms with E-state index in [1.165, 1.54) is 6.07 Å². The minimum Gasteiger partial charge on any atom is -0.508 e.